The molecule has 0 aromatic rings. The third-order valence-electron chi connectivity index (χ3n) is 3.36. The van der Waals surface area contributed by atoms with Gasteiger partial charge >= 0.3 is 5.97 Å². The molecule has 1 aliphatic heterocycles. The van der Waals surface area contributed by atoms with Crippen LogP contribution in [0.1, 0.15) is 6.42 Å². The Labute approximate surface area is 115 Å². The molecular weight excluding hydrogens is 276 g/mol. The van der Waals surface area contributed by atoms with Crippen LogP contribution in [-0.2, 0) is 14.3 Å². The Morgan fingerprint density at radius 1 is 1.25 bits per heavy atom. The van der Waals surface area contributed by atoms with Crippen LogP contribution in [0.25, 0.3) is 0 Å². The second kappa shape index (κ2) is 7.27. The number of carboxylic acids is 1. The fraction of sp³-hybridized carbons (Fsp3) is 0.909. The Kier molecular flexibility index (Phi) is 6.27. The number of hydrogen-bond acceptors (Lipinski definition) is 8. The van der Waals surface area contributed by atoms with Gasteiger partial charge < -0.3 is 40.1 Å². The summed E-state index contributed by atoms with van der Waals surface area (Å²) in [5.41, 5.74) is 0. The molecule has 0 aliphatic carbocycles. The molecule has 2 unspecified atom stereocenters. The highest BCUT2D eigenvalue weighted by molar-refractivity contribution is 5.70. The van der Waals surface area contributed by atoms with Gasteiger partial charge in [0.15, 0.2) is 6.29 Å². The Morgan fingerprint density at radius 2 is 1.85 bits per heavy atom. The molecule has 9 nitrogen and oxygen atoms in total. The van der Waals surface area contributed by atoms with Crippen molar-refractivity contribution >= 4 is 5.97 Å². The molecule has 1 fully saturated rings. The van der Waals surface area contributed by atoms with E-state index >= 15 is 0 Å². The first kappa shape index (κ1) is 17.2. The Morgan fingerprint density at radius 3 is 2.30 bits per heavy atom. The van der Waals surface area contributed by atoms with E-state index in [4.69, 9.17) is 19.7 Å². The van der Waals surface area contributed by atoms with Crippen molar-refractivity contribution in [2.75, 3.05) is 13.7 Å². The maximum Gasteiger partial charge on any atom is 0.309 e. The van der Waals surface area contributed by atoms with Gasteiger partial charge in [-0.05, 0) is 6.42 Å². The van der Waals surface area contributed by atoms with Gasteiger partial charge in [0.2, 0.25) is 0 Å². The first-order valence-corrected chi connectivity index (χ1v) is 6.07. The van der Waals surface area contributed by atoms with Gasteiger partial charge in [0.05, 0.1) is 24.7 Å². The van der Waals surface area contributed by atoms with Gasteiger partial charge in [-0.3, -0.25) is 4.79 Å². The second-order valence-electron chi connectivity index (χ2n) is 4.68. The fourth-order valence-electron chi connectivity index (χ4n) is 2.11. The number of rotatable bonds is 6. The van der Waals surface area contributed by atoms with Crippen LogP contribution in [-0.4, -0.2) is 87.1 Å². The van der Waals surface area contributed by atoms with Crippen LogP contribution in [0.15, 0.2) is 0 Å². The van der Waals surface area contributed by atoms with E-state index in [1.54, 1.807) is 0 Å². The zero-order valence-electron chi connectivity index (χ0n) is 10.9. The fourth-order valence-corrected chi connectivity index (χ4v) is 2.11. The molecule has 7 atom stereocenters. The van der Waals surface area contributed by atoms with Crippen molar-refractivity contribution in [3.63, 3.8) is 0 Å². The third-order valence-corrected chi connectivity index (χ3v) is 3.36. The molecule has 1 heterocycles. The zero-order chi connectivity index (χ0) is 15.4. The average molecular weight is 296 g/mol. The average Bonchev–Trinajstić information content (AvgIpc) is 2.43. The molecule has 1 rings (SSSR count). The summed E-state index contributed by atoms with van der Waals surface area (Å²) >= 11 is 0. The van der Waals surface area contributed by atoms with Crippen LogP contribution in [0.2, 0.25) is 0 Å². The molecule has 9 heteroatoms. The van der Waals surface area contributed by atoms with Crippen molar-refractivity contribution in [3.8, 4) is 0 Å². The number of methoxy groups -OCH3 is 1. The lowest BCUT2D eigenvalue weighted by molar-refractivity contribution is -0.293. The van der Waals surface area contributed by atoms with Crippen molar-refractivity contribution in [1.82, 2.24) is 0 Å². The number of aliphatic carboxylic acids is 1. The molecule has 118 valence electrons. The summed E-state index contributed by atoms with van der Waals surface area (Å²) in [5, 5.41) is 56.2. The molecule has 0 saturated carbocycles. The SMILES string of the molecule is CO[C@@H]1O[C@H](CC(C(=O)O)C(O)CO)[C@@H](O)[C@H](O)[C@H]1O. The first-order chi connectivity index (χ1) is 9.33. The van der Waals surface area contributed by atoms with Crippen molar-refractivity contribution in [1.29, 1.82) is 0 Å². The smallest absolute Gasteiger partial charge is 0.309 e. The van der Waals surface area contributed by atoms with Gasteiger partial charge in [-0.15, -0.1) is 0 Å². The highest BCUT2D eigenvalue weighted by atomic mass is 16.7. The molecule has 1 saturated heterocycles. The molecule has 20 heavy (non-hydrogen) atoms. The lowest BCUT2D eigenvalue weighted by atomic mass is 9.89. The number of hydrogen-bond donors (Lipinski definition) is 6. The van der Waals surface area contributed by atoms with Crippen LogP contribution < -0.4 is 0 Å². The summed E-state index contributed by atoms with van der Waals surface area (Å²) in [4.78, 5) is 11.0. The summed E-state index contributed by atoms with van der Waals surface area (Å²) in [7, 11) is 1.21. The van der Waals surface area contributed by atoms with Gasteiger partial charge in [0, 0.05) is 7.11 Å². The predicted octanol–water partition coefficient (Wildman–Crippen LogP) is -3.12. The molecule has 0 radical (unpaired) electrons. The second-order valence-corrected chi connectivity index (χ2v) is 4.68. The number of ether oxygens (including phenoxy) is 2. The van der Waals surface area contributed by atoms with Crippen LogP contribution in [0.3, 0.4) is 0 Å². The van der Waals surface area contributed by atoms with E-state index in [0.717, 1.165) is 0 Å². The number of aliphatic hydroxyl groups is 5. The van der Waals surface area contributed by atoms with E-state index in [1.807, 2.05) is 0 Å². The maximum absolute atomic E-state index is 11.0. The Bertz CT molecular complexity index is 321. The van der Waals surface area contributed by atoms with Crippen LogP contribution in [0.4, 0.5) is 0 Å². The van der Waals surface area contributed by atoms with Gasteiger partial charge in [-0.1, -0.05) is 0 Å². The molecule has 6 N–H and O–H groups in total. The molecule has 0 aromatic heterocycles. The van der Waals surface area contributed by atoms with E-state index < -0.39 is 55.3 Å². The van der Waals surface area contributed by atoms with E-state index in [2.05, 4.69) is 0 Å². The summed E-state index contributed by atoms with van der Waals surface area (Å²) in [5.74, 6) is -2.77. The van der Waals surface area contributed by atoms with Crippen molar-refractivity contribution < 1.29 is 44.9 Å². The molecule has 0 aromatic carbocycles. The van der Waals surface area contributed by atoms with Gasteiger partial charge in [0.25, 0.3) is 0 Å². The Balaban J connectivity index is 2.80. The lowest BCUT2D eigenvalue weighted by Gasteiger charge is -2.40. The zero-order valence-corrected chi connectivity index (χ0v) is 10.9. The number of carboxylic acid groups (broad SMARTS) is 1. The van der Waals surface area contributed by atoms with E-state index in [9.17, 15) is 25.2 Å². The van der Waals surface area contributed by atoms with Crippen molar-refractivity contribution in [2.24, 2.45) is 5.92 Å². The summed E-state index contributed by atoms with van der Waals surface area (Å²) in [6.07, 6.45) is -8.86. The number of aliphatic hydroxyl groups excluding tert-OH is 5. The standard InChI is InChI=1S/C11H20O9/c1-19-11-9(16)8(15)7(14)6(20-11)2-4(10(17)18)5(13)3-12/h4-9,11-16H,2-3H2,1H3,(H,17,18)/t4?,5?,6-,7-,8+,9-,11-/m1/s1. The lowest BCUT2D eigenvalue weighted by Crippen LogP contribution is -2.58. The summed E-state index contributed by atoms with van der Waals surface area (Å²) in [6.45, 7) is -0.765. The third kappa shape index (κ3) is 3.64. The quantitative estimate of drug-likeness (QED) is 0.298. The van der Waals surface area contributed by atoms with E-state index in [-0.39, 0.29) is 6.42 Å². The number of carbonyl (C=O) groups is 1. The molecule has 1 aliphatic rings. The largest absolute Gasteiger partial charge is 0.481 e. The topological polar surface area (TPSA) is 157 Å². The molecule has 0 bridgehead atoms. The summed E-state index contributed by atoms with van der Waals surface area (Å²) in [6, 6.07) is 0. The van der Waals surface area contributed by atoms with E-state index in [1.165, 1.54) is 7.11 Å². The predicted molar refractivity (Wildman–Crippen MR) is 62.5 cm³/mol. The minimum Gasteiger partial charge on any atom is -0.481 e. The molecule has 0 spiro atoms. The maximum atomic E-state index is 11.0. The van der Waals surface area contributed by atoms with Crippen molar-refractivity contribution in [3.05, 3.63) is 0 Å². The monoisotopic (exact) mass is 296 g/mol. The van der Waals surface area contributed by atoms with Gasteiger partial charge in [-0.25, -0.2) is 0 Å². The highest BCUT2D eigenvalue weighted by Crippen LogP contribution is 2.27. The van der Waals surface area contributed by atoms with Gasteiger partial charge in [0.1, 0.15) is 18.3 Å². The minimum absolute atomic E-state index is 0.359. The van der Waals surface area contributed by atoms with Crippen LogP contribution >= 0.6 is 0 Å². The summed E-state index contributed by atoms with van der Waals surface area (Å²) < 4.78 is 9.95. The molecule has 0 amide bonds. The minimum atomic E-state index is -1.57. The van der Waals surface area contributed by atoms with Crippen LogP contribution in [0.5, 0.6) is 0 Å². The first-order valence-electron chi connectivity index (χ1n) is 6.07. The Hall–Kier alpha value is -0.810. The van der Waals surface area contributed by atoms with Gasteiger partial charge in [-0.2, -0.15) is 0 Å². The van der Waals surface area contributed by atoms with E-state index in [0.29, 0.717) is 0 Å². The molecular formula is C11H20O9. The van der Waals surface area contributed by atoms with Crippen molar-refractivity contribution in [2.45, 2.75) is 43.2 Å². The highest BCUT2D eigenvalue weighted by Gasteiger charge is 2.45. The van der Waals surface area contributed by atoms with Crippen LogP contribution in [0, 0.1) is 5.92 Å². The normalized spacial score (nSPS) is 37.4.